The van der Waals surface area contributed by atoms with Crippen LogP contribution < -0.4 is 0 Å². The van der Waals surface area contributed by atoms with Crippen LogP contribution in [0.5, 0.6) is 0 Å². The van der Waals surface area contributed by atoms with Crippen LogP contribution >= 0.6 is 0 Å². The quantitative estimate of drug-likeness (QED) is 0.649. The maximum Gasteiger partial charge on any atom is 0.152 e. The Hall–Kier alpha value is -1.28. The Balaban J connectivity index is 2.25. The van der Waals surface area contributed by atoms with Crippen LogP contribution in [-0.4, -0.2) is 18.2 Å². The third kappa shape index (κ3) is 1.58. The van der Waals surface area contributed by atoms with Crippen LogP contribution in [0.2, 0.25) is 0 Å². The Kier molecular flexibility index (Phi) is 2.07. The van der Waals surface area contributed by atoms with Gasteiger partial charge in [-0.05, 0) is 13.0 Å². The molecule has 0 fully saturated rings. The van der Waals surface area contributed by atoms with Gasteiger partial charge in [0.25, 0.3) is 0 Å². The van der Waals surface area contributed by atoms with Crippen molar-refractivity contribution in [3.8, 4) is 0 Å². The third-order valence-corrected chi connectivity index (χ3v) is 2.27. The number of nitrogens with zero attached hydrogens (tertiary/aromatic N) is 1. The Labute approximate surface area is 78.4 Å². The van der Waals surface area contributed by atoms with Crippen molar-refractivity contribution in [1.29, 1.82) is 0 Å². The molecule has 2 rings (SSSR count). The molecule has 68 valence electrons. The fourth-order valence-corrected chi connectivity index (χ4v) is 1.34. The zero-order valence-electron chi connectivity index (χ0n) is 7.90. The topological polar surface area (TPSA) is 12.5 Å². The second-order valence-corrected chi connectivity index (χ2v) is 3.28. The fraction of sp³-hybridized carbons (Fsp3) is 0.273. The molecular weight excluding hydrogens is 162 g/mol. The van der Waals surface area contributed by atoms with Crippen molar-refractivity contribution in [2.75, 3.05) is 7.05 Å². The molecule has 0 radical (unpaired) electrons. The van der Waals surface area contributed by atoms with Gasteiger partial charge in [-0.1, -0.05) is 30.3 Å². The summed E-state index contributed by atoms with van der Waals surface area (Å²) in [5.41, 5.74) is 1.14. The molecule has 0 saturated heterocycles. The first-order chi connectivity index (χ1) is 6.27. The molecule has 1 aliphatic rings. The number of hydrogen-bond donors (Lipinski definition) is 0. The van der Waals surface area contributed by atoms with Crippen molar-refractivity contribution in [1.82, 2.24) is 5.06 Å². The summed E-state index contributed by atoms with van der Waals surface area (Å²) in [4.78, 5) is 5.55. The van der Waals surface area contributed by atoms with E-state index in [0.29, 0.717) is 6.04 Å². The minimum atomic E-state index is 0.357. The number of likely N-dealkylation sites (N-methyl/N-ethyl adjacent to an activating group) is 1. The number of hydroxylamine groups is 2. The van der Waals surface area contributed by atoms with Gasteiger partial charge in [-0.2, -0.15) is 0 Å². The minimum absolute atomic E-state index is 0.357. The van der Waals surface area contributed by atoms with Crippen LogP contribution in [0.3, 0.4) is 0 Å². The number of hydrogen-bond acceptors (Lipinski definition) is 2. The molecule has 1 atom stereocenters. The Morgan fingerprint density at radius 1 is 1.23 bits per heavy atom. The third-order valence-electron chi connectivity index (χ3n) is 2.27. The van der Waals surface area contributed by atoms with Crippen LogP contribution in [0.25, 0.3) is 5.76 Å². The Morgan fingerprint density at radius 2 is 1.92 bits per heavy atom. The van der Waals surface area contributed by atoms with Crippen molar-refractivity contribution in [2.45, 2.75) is 13.0 Å². The van der Waals surface area contributed by atoms with E-state index in [1.807, 2.05) is 30.3 Å². The molecule has 1 aliphatic heterocycles. The maximum absolute atomic E-state index is 5.55. The van der Waals surface area contributed by atoms with E-state index < -0.39 is 0 Å². The molecule has 0 amide bonds. The van der Waals surface area contributed by atoms with E-state index in [0.717, 1.165) is 11.3 Å². The van der Waals surface area contributed by atoms with Gasteiger partial charge >= 0.3 is 0 Å². The summed E-state index contributed by atoms with van der Waals surface area (Å²) in [7, 11) is 1.94. The van der Waals surface area contributed by atoms with Gasteiger partial charge in [0, 0.05) is 12.6 Å². The highest BCUT2D eigenvalue weighted by atomic mass is 16.7. The van der Waals surface area contributed by atoms with E-state index in [9.17, 15) is 0 Å². The first-order valence-corrected chi connectivity index (χ1v) is 4.45. The van der Waals surface area contributed by atoms with Crippen LogP contribution in [0.4, 0.5) is 0 Å². The second-order valence-electron chi connectivity index (χ2n) is 3.28. The SMILES string of the molecule is CC1C=C(c2ccccc2)ON1C. The molecule has 2 nitrogen and oxygen atoms in total. The lowest BCUT2D eigenvalue weighted by Gasteiger charge is -2.13. The predicted octanol–water partition coefficient (Wildman–Crippen LogP) is 2.29. The van der Waals surface area contributed by atoms with Gasteiger partial charge in [-0.15, -0.1) is 5.06 Å². The van der Waals surface area contributed by atoms with Crippen molar-refractivity contribution in [3.63, 3.8) is 0 Å². The lowest BCUT2D eigenvalue weighted by Crippen LogP contribution is -2.20. The first-order valence-electron chi connectivity index (χ1n) is 4.45. The summed E-state index contributed by atoms with van der Waals surface area (Å²) in [5, 5.41) is 1.85. The highest BCUT2D eigenvalue weighted by Crippen LogP contribution is 2.24. The van der Waals surface area contributed by atoms with Gasteiger partial charge in [0.05, 0.1) is 6.04 Å². The standard InChI is InChI=1S/C11H13NO/c1-9-8-11(13-12(9)2)10-6-4-3-5-7-10/h3-9H,1-2H3. The van der Waals surface area contributed by atoms with E-state index in [1.54, 1.807) is 0 Å². The molecule has 0 aliphatic carbocycles. The lowest BCUT2D eigenvalue weighted by molar-refractivity contribution is -0.0604. The van der Waals surface area contributed by atoms with Crippen LogP contribution in [0.15, 0.2) is 36.4 Å². The summed E-state index contributed by atoms with van der Waals surface area (Å²) >= 11 is 0. The van der Waals surface area contributed by atoms with Crippen LogP contribution in [0.1, 0.15) is 12.5 Å². The van der Waals surface area contributed by atoms with Gasteiger partial charge in [-0.25, -0.2) is 0 Å². The van der Waals surface area contributed by atoms with Gasteiger partial charge < -0.3 is 4.84 Å². The molecule has 1 aromatic rings. The molecule has 0 N–H and O–H groups in total. The van der Waals surface area contributed by atoms with Crippen molar-refractivity contribution in [2.24, 2.45) is 0 Å². The lowest BCUT2D eigenvalue weighted by atomic mass is 10.1. The highest BCUT2D eigenvalue weighted by molar-refractivity contribution is 5.61. The van der Waals surface area contributed by atoms with Crippen molar-refractivity contribution >= 4 is 5.76 Å². The molecule has 1 heterocycles. The van der Waals surface area contributed by atoms with Crippen LogP contribution in [0, 0.1) is 0 Å². The number of rotatable bonds is 1. The van der Waals surface area contributed by atoms with E-state index in [1.165, 1.54) is 0 Å². The molecular formula is C11H13NO. The maximum atomic E-state index is 5.55. The Bertz CT molecular complexity index is 318. The summed E-state index contributed by atoms with van der Waals surface area (Å²) < 4.78 is 0. The van der Waals surface area contributed by atoms with Crippen LogP contribution in [-0.2, 0) is 4.84 Å². The van der Waals surface area contributed by atoms with Gasteiger partial charge in [0.2, 0.25) is 0 Å². The van der Waals surface area contributed by atoms with Crippen molar-refractivity contribution < 1.29 is 4.84 Å². The van der Waals surface area contributed by atoms with Gasteiger partial charge in [0.15, 0.2) is 5.76 Å². The van der Waals surface area contributed by atoms with Gasteiger partial charge in [0.1, 0.15) is 0 Å². The summed E-state index contributed by atoms with van der Waals surface area (Å²) in [6.45, 7) is 2.11. The normalized spacial score (nSPS) is 22.6. The van der Waals surface area contributed by atoms with E-state index in [4.69, 9.17) is 4.84 Å². The minimum Gasteiger partial charge on any atom is -0.405 e. The molecule has 0 saturated carbocycles. The largest absolute Gasteiger partial charge is 0.405 e. The molecule has 0 aromatic heterocycles. The zero-order chi connectivity index (χ0) is 9.26. The molecule has 1 aromatic carbocycles. The second kappa shape index (κ2) is 3.23. The molecule has 2 heteroatoms. The molecule has 0 bridgehead atoms. The summed E-state index contributed by atoms with van der Waals surface area (Å²) in [6, 6.07) is 10.5. The zero-order valence-corrected chi connectivity index (χ0v) is 7.90. The molecule has 0 spiro atoms. The monoisotopic (exact) mass is 175 g/mol. The molecule has 1 unspecified atom stereocenters. The smallest absolute Gasteiger partial charge is 0.152 e. The first kappa shape index (κ1) is 8.32. The predicted molar refractivity (Wildman–Crippen MR) is 52.7 cm³/mol. The Morgan fingerprint density at radius 3 is 2.46 bits per heavy atom. The van der Waals surface area contributed by atoms with Crippen molar-refractivity contribution in [3.05, 3.63) is 42.0 Å². The summed E-state index contributed by atoms with van der Waals surface area (Å²) in [5.74, 6) is 0.954. The van der Waals surface area contributed by atoms with E-state index in [2.05, 4.69) is 25.1 Å². The fourth-order valence-electron chi connectivity index (χ4n) is 1.34. The van der Waals surface area contributed by atoms with E-state index >= 15 is 0 Å². The highest BCUT2D eigenvalue weighted by Gasteiger charge is 2.19. The van der Waals surface area contributed by atoms with E-state index in [-0.39, 0.29) is 0 Å². The number of benzene rings is 1. The average Bonchev–Trinajstić information content (AvgIpc) is 2.49. The molecule has 13 heavy (non-hydrogen) atoms. The van der Waals surface area contributed by atoms with Gasteiger partial charge in [-0.3, -0.25) is 0 Å². The average molecular weight is 175 g/mol. The summed E-state index contributed by atoms with van der Waals surface area (Å²) in [6.07, 6.45) is 2.12.